The maximum atomic E-state index is 10.8. The summed E-state index contributed by atoms with van der Waals surface area (Å²) in [5.74, 6) is 1.54. The monoisotopic (exact) mass is 354 g/mol. The number of ether oxygens (including phenoxy) is 1. The molecule has 0 saturated heterocycles. The summed E-state index contributed by atoms with van der Waals surface area (Å²) in [5.41, 5.74) is 7.29. The molecule has 2 aliphatic rings. The number of hydrogen-bond donors (Lipinski definition) is 1. The second kappa shape index (κ2) is 7.50. The van der Waals surface area contributed by atoms with Crippen molar-refractivity contribution in [2.75, 3.05) is 0 Å². The molecule has 2 heteroatoms. The summed E-state index contributed by atoms with van der Waals surface area (Å²) in [4.78, 5) is 0. The lowest BCUT2D eigenvalue weighted by molar-refractivity contribution is -0.0258. The van der Waals surface area contributed by atoms with Gasteiger partial charge in [0.25, 0.3) is 0 Å². The van der Waals surface area contributed by atoms with Gasteiger partial charge >= 0.3 is 0 Å². The van der Waals surface area contributed by atoms with E-state index < -0.39 is 0 Å². The molecule has 1 aliphatic carbocycles. The Labute approximate surface area is 159 Å². The summed E-state index contributed by atoms with van der Waals surface area (Å²) >= 11 is 0. The zero-order valence-corrected chi connectivity index (χ0v) is 17.2. The van der Waals surface area contributed by atoms with Crippen LogP contribution in [0, 0.1) is 13.8 Å². The zero-order chi connectivity index (χ0) is 18.9. The lowest BCUT2D eigenvalue weighted by atomic mass is 9.73. The van der Waals surface area contributed by atoms with Crippen LogP contribution in [0.25, 0.3) is 0 Å². The first-order valence-electron chi connectivity index (χ1n) is 10.1. The molecule has 142 valence electrons. The smallest absolute Gasteiger partial charge is 0.127 e. The number of allylic oxidation sites excluding steroid dienone is 4. The summed E-state index contributed by atoms with van der Waals surface area (Å²) in [6.07, 6.45) is 13.3. The largest absolute Gasteiger partial charge is 0.507 e. The van der Waals surface area contributed by atoms with Gasteiger partial charge in [0.15, 0.2) is 0 Å². The van der Waals surface area contributed by atoms with Gasteiger partial charge in [-0.3, -0.25) is 0 Å². The SMILES string of the molecule is CC(C)=CCC/C(C)=C/Cc1c(O)c(C)c(C)c2c1CCC1(CCC1)O2. The third kappa shape index (κ3) is 3.70. The van der Waals surface area contributed by atoms with Crippen molar-refractivity contribution in [1.82, 2.24) is 0 Å². The Hall–Kier alpha value is -1.70. The van der Waals surface area contributed by atoms with Crippen LogP contribution in [-0.2, 0) is 12.8 Å². The van der Waals surface area contributed by atoms with Crippen LogP contribution < -0.4 is 4.74 Å². The van der Waals surface area contributed by atoms with Gasteiger partial charge in [-0.1, -0.05) is 23.3 Å². The quantitative estimate of drug-likeness (QED) is 0.612. The molecule has 1 spiro atoms. The first-order chi connectivity index (χ1) is 12.3. The molecule has 1 fully saturated rings. The molecule has 1 aromatic rings. The summed E-state index contributed by atoms with van der Waals surface area (Å²) in [7, 11) is 0. The standard InChI is InChI=1S/C24H34O2/c1-16(2)8-6-9-17(3)10-11-20-21-12-15-24(13-7-14-24)26-23(21)19(5)18(4)22(20)25/h8,10,25H,6-7,9,11-15H2,1-5H3/b17-10+. The lowest BCUT2D eigenvalue weighted by Crippen LogP contribution is -2.46. The number of benzene rings is 1. The van der Waals surface area contributed by atoms with Crippen molar-refractivity contribution in [3.8, 4) is 11.5 Å². The van der Waals surface area contributed by atoms with Crippen LogP contribution in [0.5, 0.6) is 11.5 Å². The lowest BCUT2D eigenvalue weighted by Gasteiger charge is -2.46. The number of phenolic OH excluding ortho intramolecular Hbond substituents is 1. The number of aromatic hydroxyl groups is 1. The molecule has 3 rings (SSSR count). The highest BCUT2D eigenvalue weighted by Crippen LogP contribution is 2.49. The van der Waals surface area contributed by atoms with Crippen molar-refractivity contribution >= 4 is 0 Å². The fourth-order valence-corrected chi connectivity index (χ4v) is 4.21. The number of fused-ring (bicyclic) bond motifs is 1. The van der Waals surface area contributed by atoms with E-state index in [2.05, 4.69) is 39.8 Å². The van der Waals surface area contributed by atoms with E-state index in [9.17, 15) is 5.11 Å². The maximum Gasteiger partial charge on any atom is 0.127 e. The van der Waals surface area contributed by atoms with Crippen molar-refractivity contribution in [3.05, 3.63) is 45.6 Å². The van der Waals surface area contributed by atoms with Crippen molar-refractivity contribution in [3.63, 3.8) is 0 Å². The van der Waals surface area contributed by atoms with E-state index in [0.29, 0.717) is 5.75 Å². The van der Waals surface area contributed by atoms with Crippen LogP contribution in [0.4, 0.5) is 0 Å². The van der Waals surface area contributed by atoms with E-state index in [0.717, 1.165) is 54.5 Å². The van der Waals surface area contributed by atoms with Crippen LogP contribution in [0.2, 0.25) is 0 Å². The zero-order valence-electron chi connectivity index (χ0n) is 17.2. The van der Waals surface area contributed by atoms with Crippen molar-refractivity contribution < 1.29 is 9.84 Å². The van der Waals surface area contributed by atoms with E-state index in [1.807, 2.05) is 6.92 Å². The van der Waals surface area contributed by atoms with Gasteiger partial charge in [0.1, 0.15) is 17.1 Å². The fourth-order valence-electron chi connectivity index (χ4n) is 4.21. The molecule has 1 aliphatic heterocycles. The molecule has 0 aromatic heterocycles. The minimum absolute atomic E-state index is 0.0918. The summed E-state index contributed by atoms with van der Waals surface area (Å²) in [5, 5.41) is 10.8. The van der Waals surface area contributed by atoms with E-state index in [1.165, 1.54) is 36.0 Å². The molecule has 0 amide bonds. The van der Waals surface area contributed by atoms with Gasteiger partial charge < -0.3 is 9.84 Å². The van der Waals surface area contributed by atoms with Gasteiger partial charge in [-0.05, 0) is 97.1 Å². The van der Waals surface area contributed by atoms with Crippen molar-refractivity contribution in [2.45, 2.75) is 91.6 Å². The topological polar surface area (TPSA) is 29.5 Å². The predicted molar refractivity (Wildman–Crippen MR) is 109 cm³/mol. The van der Waals surface area contributed by atoms with Gasteiger partial charge in [-0.2, -0.15) is 0 Å². The highest BCUT2D eigenvalue weighted by molar-refractivity contribution is 5.59. The first kappa shape index (κ1) is 19.1. The van der Waals surface area contributed by atoms with E-state index in [1.54, 1.807) is 0 Å². The Morgan fingerprint density at radius 3 is 2.42 bits per heavy atom. The summed E-state index contributed by atoms with van der Waals surface area (Å²) < 4.78 is 6.52. The fraction of sp³-hybridized carbons (Fsp3) is 0.583. The van der Waals surface area contributed by atoms with Crippen LogP contribution in [0.15, 0.2) is 23.3 Å². The third-order valence-electron chi connectivity index (χ3n) is 6.34. The molecule has 1 aromatic carbocycles. The van der Waals surface area contributed by atoms with Gasteiger partial charge in [0, 0.05) is 11.1 Å². The molecule has 0 radical (unpaired) electrons. The molecule has 1 saturated carbocycles. The highest BCUT2D eigenvalue weighted by atomic mass is 16.5. The molecule has 1 N–H and O–H groups in total. The number of phenols is 1. The number of rotatable bonds is 5. The summed E-state index contributed by atoms with van der Waals surface area (Å²) in [6.45, 7) is 10.6. The third-order valence-corrected chi connectivity index (χ3v) is 6.34. The average molecular weight is 355 g/mol. The van der Waals surface area contributed by atoms with E-state index in [-0.39, 0.29) is 5.60 Å². The Morgan fingerprint density at radius 1 is 1.08 bits per heavy atom. The van der Waals surface area contributed by atoms with Crippen molar-refractivity contribution in [2.24, 2.45) is 0 Å². The molecule has 0 unspecified atom stereocenters. The molecule has 1 heterocycles. The summed E-state index contributed by atoms with van der Waals surface area (Å²) in [6, 6.07) is 0. The van der Waals surface area contributed by atoms with Gasteiger partial charge in [-0.15, -0.1) is 0 Å². The Bertz CT molecular complexity index is 744. The van der Waals surface area contributed by atoms with Crippen LogP contribution in [-0.4, -0.2) is 10.7 Å². The maximum absolute atomic E-state index is 10.8. The Morgan fingerprint density at radius 2 is 1.81 bits per heavy atom. The van der Waals surface area contributed by atoms with Gasteiger partial charge in [0.2, 0.25) is 0 Å². The molecule has 0 bridgehead atoms. The van der Waals surface area contributed by atoms with Crippen molar-refractivity contribution in [1.29, 1.82) is 0 Å². The number of hydrogen-bond acceptors (Lipinski definition) is 2. The average Bonchev–Trinajstić information content (AvgIpc) is 2.57. The molecular weight excluding hydrogens is 320 g/mol. The normalized spacial score (nSPS) is 18.1. The molecule has 26 heavy (non-hydrogen) atoms. The highest BCUT2D eigenvalue weighted by Gasteiger charge is 2.43. The van der Waals surface area contributed by atoms with E-state index in [4.69, 9.17) is 4.74 Å². The second-order valence-electron chi connectivity index (χ2n) is 8.60. The van der Waals surface area contributed by atoms with Crippen LogP contribution >= 0.6 is 0 Å². The Kier molecular flexibility index (Phi) is 5.50. The van der Waals surface area contributed by atoms with Crippen LogP contribution in [0.1, 0.15) is 81.5 Å². The minimum Gasteiger partial charge on any atom is -0.507 e. The second-order valence-corrected chi connectivity index (χ2v) is 8.60. The predicted octanol–water partition coefficient (Wildman–Crippen LogP) is 6.49. The molecule has 0 atom stereocenters. The van der Waals surface area contributed by atoms with E-state index >= 15 is 0 Å². The molecule has 2 nitrogen and oxygen atoms in total. The van der Waals surface area contributed by atoms with Gasteiger partial charge in [-0.25, -0.2) is 0 Å². The minimum atomic E-state index is 0.0918. The first-order valence-corrected chi connectivity index (χ1v) is 10.1. The van der Waals surface area contributed by atoms with Crippen LogP contribution in [0.3, 0.4) is 0 Å². The van der Waals surface area contributed by atoms with Gasteiger partial charge in [0.05, 0.1) is 0 Å². The molecular formula is C24H34O2. The Balaban J connectivity index is 1.84.